The summed E-state index contributed by atoms with van der Waals surface area (Å²) in [5.41, 5.74) is 3.49. The molecule has 4 rings (SSSR count). The lowest BCUT2D eigenvalue weighted by atomic mass is 10.1. The van der Waals surface area contributed by atoms with Crippen LogP contribution >= 0.6 is 0 Å². The largest absolute Gasteiger partial charge is 0.480 e. The van der Waals surface area contributed by atoms with Gasteiger partial charge in [0.25, 0.3) is 0 Å². The number of carbonyl (C=O) groups is 1. The highest BCUT2D eigenvalue weighted by Crippen LogP contribution is 2.39. The average molecular weight is 502 g/mol. The van der Waals surface area contributed by atoms with Crippen LogP contribution in [0.25, 0.3) is 0 Å². The predicted octanol–water partition coefficient (Wildman–Crippen LogP) is 4.95. The summed E-state index contributed by atoms with van der Waals surface area (Å²) in [6, 6.07) is 7.21. The lowest BCUT2D eigenvalue weighted by Crippen LogP contribution is -2.36. The molecule has 3 heterocycles. The number of nitrogens with zero attached hydrogens (tertiary/aromatic N) is 3. The van der Waals surface area contributed by atoms with Crippen LogP contribution in [0.1, 0.15) is 67.7 Å². The molecule has 0 aromatic carbocycles. The Kier molecular flexibility index (Phi) is 9.44. The fourth-order valence-electron chi connectivity index (χ4n) is 4.66. The highest BCUT2D eigenvalue weighted by atomic mass is 19.3. The minimum atomic E-state index is -2.37. The molecule has 0 spiro atoms. The number of carboxylic acids is 1. The number of anilines is 2. The third kappa shape index (κ3) is 8.11. The maximum absolute atomic E-state index is 12.9. The van der Waals surface area contributed by atoms with Crippen molar-refractivity contribution in [3.05, 3.63) is 47.3 Å². The van der Waals surface area contributed by atoms with Crippen LogP contribution in [0.2, 0.25) is 0 Å². The number of hydrogen-bond donors (Lipinski definition) is 3. The fourth-order valence-corrected chi connectivity index (χ4v) is 4.66. The molecule has 1 fully saturated rings. The Morgan fingerprint density at radius 1 is 1.14 bits per heavy atom. The second-order valence-corrected chi connectivity index (χ2v) is 9.89. The van der Waals surface area contributed by atoms with E-state index in [2.05, 4.69) is 27.8 Å². The Bertz CT molecular complexity index is 985. The molecular formula is C27H37F2N5O2. The molecule has 1 aliphatic carbocycles. The van der Waals surface area contributed by atoms with Crippen LogP contribution in [-0.2, 0) is 17.6 Å². The van der Waals surface area contributed by atoms with Crippen LogP contribution in [0.15, 0.2) is 30.5 Å². The molecule has 196 valence electrons. The molecule has 3 N–H and O–H groups in total. The van der Waals surface area contributed by atoms with E-state index in [0.717, 1.165) is 50.2 Å². The molecule has 2 aromatic rings. The van der Waals surface area contributed by atoms with E-state index in [1.807, 2.05) is 17.0 Å². The standard InChI is InChI=1S/C27H37F2N5O2/c28-24(29)13-17-34(15-2-1-5-22-10-8-20-4-3-14-30-26(20)32-22)16-12-23(27(35)36)33-25-11-9-21(18-31-25)19-6-7-19/h8-11,18-19,23-24H,1-7,12-17H2,(H,30,32)(H,31,33)(H,35,36). The van der Waals surface area contributed by atoms with Crippen molar-refractivity contribution in [2.45, 2.75) is 76.2 Å². The van der Waals surface area contributed by atoms with Crippen LogP contribution in [-0.4, -0.2) is 64.6 Å². The van der Waals surface area contributed by atoms with Gasteiger partial charge in [0.15, 0.2) is 0 Å². The zero-order chi connectivity index (χ0) is 25.3. The van der Waals surface area contributed by atoms with E-state index in [1.165, 1.54) is 24.0 Å². The molecule has 36 heavy (non-hydrogen) atoms. The summed E-state index contributed by atoms with van der Waals surface area (Å²) in [7, 11) is 0. The summed E-state index contributed by atoms with van der Waals surface area (Å²) >= 11 is 0. The van der Waals surface area contributed by atoms with E-state index in [1.54, 1.807) is 6.20 Å². The Labute approximate surface area is 211 Å². The Balaban J connectivity index is 1.25. The number of nitrogens with one attached hydrogen (secondary N) is 2. The van der Waals surface area contributed by atoms with E-state index in [4.69, 9.17) is 4.98 Å². The topological polar surface area (TPSA) is 90.4 Å². The lowest BCUT2D eigenvalue weighted by Gasteiger charge is -2.24. The highest BCUT2D eigenvalue weighted by molar-refractivity contribution is 5.76. The van der Waals surface area contributed by atoms with E-state index in [0.29, 0.717) is 31.2 Å². The number of rotatable bonds is 15. The van der Waals surface area contributed by atoms with Crippen molar-refractivity contribution < 1.29 is 18.7 Å². The van der Waals surface area contributed by atoms with Gasteiger partial charge in [-0.05, 0) is 87.1 Å². The predicted molar refractivity (Wildman–Crippen MR) is 137 cm³/mol. The number of fused-ring (bicyclic) bond motifs is 1. The van der Waals surface area contributed by atoms with Crippen molar-refractivity contribution in [2.24, 2.45) is 0 Å². The Morgan fingerprint density at radius 3 is 2.69 bits per heavy atom. The molecule has 7 nitrogen and oxygen atoms in total. The van der Waals surface area contributed by atoms with Crippen molar-refractivity contribution in [1.82, 2.24) is 14.9 Å². The zero-order valence-electron chi connectivity index (χ0n) is 20.8. The highest BCUT2D eigenvalue weighted by Gasteiger charge is 2.24. The second kappa shape index (κ2) is 12.9. The normalized spacial score (nSPS) is 16.0. The number of aromatic nitrogens is 2. The third-order valence-corrected chi connectivity index (χ3v) is 6.96. The van der Waals surface area contributed by atoms with Crippen molar-refractivity contribution in [1.29, 1.82) is 0 Å². The molecule has 1 atom stereocenters. The summed E-state index contributed by atoms with van der Waals surface area (Å²) in [6.07, 6.45) is 6.65. The molecule has 0 radical (unpaired) electrons. The van der Waals surface area contributed by atoms with Gasteiger partial charge in [0.2, 0.25) is 6.43 Å². The number of halogens is 2. The molecule has 1 saturated carbocycles. The second-order valence-electron chi connectivity index (χ2n) is 9.89. The van der Waals surface area contributed by atoms with Gasteiger partial charge in [0.1, 0.15) is 17.7 Å². The van der Waals surface area contributed by atoms with Gasteiger partial charge < -0.3 is 20.6 Å². The first-order valence-electron chi connectivity index (χ1n) is 13.2. The molecule has 1 aliphatic heterocycles. The van der Waals surface area contributed by atoms with Crippen molar-refractivity contribution >= 4 is 17.6 Å². The van der Waals surface area contributed by atoms with Crippen LogP contribution in [0.3, 0.4) is 0 Å². The number of pyridine rings is 2. The molecule has 1 unspecified atom stereocenters. The zero-order valence-corrected chi connectivity index (χ0v) is 20.8. The van der Waals surface area contributed by atoms with Crippen LogP contribution < -0.4 is 10.6 Å². The average Bonchev–Trinajstić information content (AvgIpc) is 3.72. The number of carboxylic acid groups (broad SMARTS) is 1. The van der Waals surface area contributed by atoms with Gasteiger partial charge in [0, 0.05) is 37.9 Å². The summed E-state index contributed by atoms with van der Waals surface area (Å²) in [5.74, 6) is 1.13. The van der Waals surface area contributed by atoms with E-state index < -0.39 is 18.4 Å². The molecule has 0 amide bonds. The quantitative estimate of drug-likeness (QED) is 0.298. The molecule has 9 heteroatoms. The van der Waals surface area contributed by atoms with Crippen molar-refractivity contribution in [3.63, 3.8) is 0 Å². The molecule has 0 saturated heterocycles. The number of hydrogen-bond acceptors (Lipinski definition) is 6. The monoisotopic (exact) mass is 501 g/mol. The Hall–Kier alpha value is -2.81. The van der Waals surface area contributed by atoms with Crippen LogP contribution in [0.5, 0.6) is 0 Å². The molecular weight excluding hydrogens is 464 g/mol. The first-order valence-corrected chi connectivity index (χ1v) is 13.2. The van der Waals surface area contributed by atoms with Gasteiger partial charge >= 0.3 is 5.97 Å². The maximum atomic E-state index is 12.9. The number of aryl methyl sites for hydroxylation is 2. The van der Waals surface area contributed by atoms with Crippen molar-refractivity contribution in [2.75, 3.05) is 36.8 Å². The van der Waals surface area contributed by atoms with Crippen LogP contribution in [0, 0.1) is 0 Å². The molecule has 2 aromatic heterocycles. The van der Waals surface area contributed by atoms with Gasteiger partial charge in [-0.3, -0.25) is 0 Å². The van der Waals surface area contributed by atoms with Gasteiger partial charge in [-0.2, -0.15) is 0 Å². The SMILES string of the molecule is O=C(O)C(CCN(CCCCc1ccc2c(n1)NCCC2)CCC(F)F)Nc1ccc(C2CC2)cn1. The summed E-state index contributed by atoms with van der Waals surface area (Å²) in [5, 5.41) is 16.1. The number of aliphatic carboxylic acids is 1. The first kappa shape index (κ1) is 26.3. The van der Waals surface area contributed by atoms with Gasteiger partial charge in [-0.1, -0.05) is 12.1 Å². The van der Waals surface area contributed by atoms with Crippen LogP contribution in [0.4, 0.5) is 20.4 Å². The first-order chi connectivity index (χ1) is 17.5. The van der Waals surface area contributed by atoms with E-state index >= 15 is 0 Å². The Morgan fingerprint density at radius 2 is 1.97 bits per heavy atom. The third-order valence-electron chi connectivity index (χ3n) is 6.96. The lowest BCUT2D eigenvalue weighted by molar-refractivity contribution is -0.138. The molecule has 0 bridgehead atoms. The summed E-state index contributed by atoms with van der Waals surface area (Å²) in [6.45, 7) is 2.28. The van der Waals surface area contributed by atoms with Gasteiger partial charge in [0.05, 0.1) is 0 Å². The van der Waals surface area contributed by atoms with E-state index in [-0.39, 0.29) is 13.0 Å². The van der Waals surface area contributed by atoms with E-state index in [9.17, 15) is 18.7 Å². The summed E-state index contributed by atoms with van der Waals surface area (Å²) in [4.78, 5) is 22.9. The van der Waals surface area contributed by atoms with Gasteiger partial charge in [-0.15, -0.1) is 0 Å². The smallest absolute Gasteiger partial charge is 0.326 e. The minimum absolute atomic E-state index is 0.215. The minimum Gasteiger partial charge on any atom is -0.480 e. The summed E-state index contributed by atoms with van der Waals surface area (Å²) < 4.78 is 25.8. The van der Waals surface area contributed by atoms with Gasteiger partial charge in [-0.25, -0.2) is 23.5 Å². The molecule has 2 aliphatic rings. The van der Waals surface area contributed by atoms with Crippen molar-refractivity contribution in [3.8, 4) is 0 Å². The number of alkyl halides is 2. The fraction of sp³-hybridized carbons (Fsp3) is 0.593. The maximum Gasteiger partial charge on any atom is 0.326 e. The number of unbranched alkanes of at least 4 members (excludes halogenated alkanes) is 1.